The number of anilines is 1. The highest BCUT2D eigenvalue weighted by atomic mass is 35.5. The zero-order chi connectivity index (χ0) is 17.6. The van der Waals surface area contributed by atoms with Gasteiger partial charge in [-0.2, -0.15) is 0 Å². The summed E-state index contributed by atoms with van der Waals surface area (Å²) in [5, 5.41) is 0.476. The van der Waals surface area contributed by atoms with Crippen molar-refractivity contribution in [3.05, 3.63) is 47.6 Å². The summed E-state index contributed by atoms with van der Waals surface area (Å²) < 4.78 is 10.7. The van der Waals surface area contributed by atoms with Crippen LogP contribution in [0.25, 0.3) is 0 Å². The standard InChI is InChI=1S/C18H20ClN3O3/c1-24-14-5-7-15(8-6-14)25-13-18(23)22-11-9-21(10-12-22)17-4-2-3-16(19)20-17/h2-8H,9-13H2,1H3. The fourth-order valence-electron chi connectivity index (χ4n) is 2.67. The molecular weight excluding hydrogens is 342 g/mol. The molecule has 1 fully saturated rings. The molecule has 0 radical (unpaired) electrons. The fourth-order valence-corrected chi connectivity index (χ4v) is 2.83. The Bertz CT molecular complexity index is 716. The van der Waals surface area contributed by atoms with Crippen molar-refractivity contribution in [3.63, 3.8) is 0 Å². The van der Waals surface area contributed by atoms with Crippen LogP contribution >= 0.6 is 11.6 Å². The average Bonchev–Trinajstić information content (AvgIpc) is 2.66. The van der Waals surface area contributed by atoms with Crippen molar-refractivity contribution in [1.29, 1.82) is 0 Å². The molecule has 7 heteroatoms. The lowest BCUT2D eigenvalue weighted by Gasteiger charge is -2.35. The zero-order valence-electron chi connectivity index (χ0n) is 14.0. The largest absolute Gasteiger partial charge is 0.497 e. The number of carbonyl (C=O) groups is 1. The number of nitrogens with zero attached hydrogens (tertiary/aromatic N) is 3. The van der Waals surface area contributed by atoms with Gasteiger partial charge in [0.15, 0.2) is 6.61 Å². The van der Waals surface area contributed by atoms with Crippen LogP contribution in [0, 0.1) is 0 Å². The molecular formula is C18H20ClN3O3. The number of hydrogen-bond acceptors (Lipinski definition) is 5. The van der Waals surface area contributed by atoms with Gasteiger partial charge < -0.3 is 19.3 Å². The molecule has 0 N–H and O–H groups in total. The van der Waals surface area contributed by atoms with Crippen LogP contribution in [-0.4, -0.2) is 55.7 Å². The van der Waals surface area contributed by atoms with Crippen LogP contribution in [0.4, 0.5) is 5.82 Å². The summed E-state index contributed by atoms with van der Waals surface area (Å²) in [6.45, 7) is 2.75. The second-order valence-electron chi connectivity index (χ2n) is 5.65. The van der Waals surface area contributed by atoms with Gasteiger partial charge in [-0.25, -0.2) is 4.98 Å². The van der Waals surface area contributed by atoms with E-state index in [4.69, 9.17) is 21.1 Å². The summed E-state index contributed by atoms with van der Waals surface area (Å²) in [4.78, 5) is 20.6. The van der Waals surface area contributed by atoms with Crippen LogP contribution in [0.2, 0.25) is 5.15 Å². The van der Waals surface area contributed by atoms with Crippen molar-refractivity contribution in [2.75, 3.05) is 44.8 Å². The third kappa shape index (κ3) is 4.54. The first-order chi connectivity index (χ1) is 12.2. The third-order valence-corrected chi connectivity index (χ3v) is 4.29. The lowest BCUT2D eigenvalue weighted by Crippen LogP contribution is -2.50. The maximum Gasteiger partial charge on any atom is 0.260 e. The van der Waals surface area contributed by atoms with E-state index >= 15 is 0 Å². The number of rotatable bonds is 5. The molecule has 3 rings (SSSR count). The first kappa shape index (κ1) is 17.4. The number of carbonyl (C=O) groups excluding carboxylic acids is 1. The topological polar surface area (TPSA) is 54.9 Å². The van der Waals surface area contributed by atoms with Crippen LogP contribution in [0.15, 0.2) is 42.5 Å². The Hall–Kier alpha value is -2.47. The number of amides is 1. The van der Waals surface area contributed by atoms with Gasteiger partial charge in [-0.1, -0.05) is 17.7 Å². The SMILES string of the molecule is COc1ccc(OCC(=O)N2CCN(c3cccc(Cl)n3)CC2)cc1. The summed E-state index contributed by atoms with van der Waals surface area (Å²) in [5.74, 6) is 2.23. The van der Waals surface area contributed by atoms with Crippen molar-refractivity contribution in [2.45, 2.75) is 0 Å². The van der Waals surface area contributed by atoms with Gasteiger partial charge in [0.25, 0.3) is 5.91 Å². The van der Waals surface area contributed by atoms with E-state index in [2.05, 4.69) is 9.88 Å². The monoisotopic (exact) mass is 361 g/mol. The number of pyridine rings is 1. The van der Waals surface area contributed by atoms with Gasteiger partial charge in [-0.3, -0.25) is 4.79 Å². The lowest BCUT2D eigenvalue weighted by molar-refractivity contribution is -0.133. The molecule has 1 aromatic heterocycles. The van der Waals surface area contributed by atoms with Gasteiger partial charge in [0.1, 0.15) is 22.5 Å². The highest BCUT2D eigenvalue weighted by Crippen LogP contribution is 2.18. The minimum Gasteiger partial charge on any atom is -0.497 e. The Labute approximate surface area is 151 Å². The number of halogens is 1. The van der Waals surface area contributed by atoms with Crippen molar-refractivity contribution in [3.8, 4) is 11.5 Å². The van der Waals surface area contributed by atoms with Gasteiger partial charge in [0.05, 0.1) is 7.11 Å². The molecule has 0 saturated carbocycles. The Balaban J connectivity index is 1.48. The van der Waals surface area contributed by atoms with E-state index in [1.165, 1.54) is 0 Å². The molecule has 6 nitrogen and oxygen atoms in total. The molecule has 0 unspecified atom stereocenters. The molecule has 1 aliphatic heterocycles. The molecule has 25 heavy (non-hydrogen) atoms. The van der Waals surface area contributed by atoms with E-state index in [0.717, 1.165) is 24.7 Å². The maximum atomic E-state index is 12.3. The number of methoxy groups -OCH3 is 1. The minimum atomic E-state index is -0.0190. The Morgan fingerprint density at radius 3 is 2.40 bits per heavy atom. The lowest BCUT2D eigenvalue weighted by atomic mass is 10.3. The van der Waals surface area contributed by atoms with Crippen molar-refractivity contribution in [1.82, 2.24) is 9.88 Å². The second kappa shape index (κ2) is 8.07. The van der Waals surface area contributed by atoms with E-state index in [-0.39, 0.29) is 12.5 Å². The minimum absolute atomic E-state index is 0.0190. The van der Waals surface area contributed by atoms with E-state index in [0.29, 0.717) is 24.0 Å². The summed E-state index contributed by atoms with van der Waals surface area (Å²) in [7, 11) is 1.61. The quantitative estimate of drug-likeness (QED) is 0.766. The van der Waals surface area contributed by atoms with Crippen molar-refractivity contribution >= 4 is 23.3 Å². The Morgan fingerprint density at radius 2 is 1.76 bits per heavy atom. The fraction of sp³-hybridized carbons (Fsp3) is 0.333. The van der Waals surface area contributed by atoms with Crippen LogP contribution in [0.5, 0.6) is 11.5 Å². The van der Waals surface area contributed by atoms with Gasteiger partial charge >= 0.3 is 0 Å². The number of hydrogen-bond donors (Lipinski definition) is 0. The second-order valence-corrected chi connectivity index (χ2v) is 6.04. The Kier molecular flexibility index (Phi) is 5.60. The maximum absolute atomic E-state index is 12.3. The van der Waals surface area contributed by atoms with Crippen LogP contribution in [-0.2, 0) is 4.79 Å². The normalized spacial score (nSPS) is 14.3. The number of ether oxygens (including phenoxy) is 2. The van der Waals surface area contributed by atoms with E-state index in [1.54, 1.807) is 37.4 Å². The summed E-state index contributed by atoms with van der Waals surface area (Å²) in [6.07, 6.45) is 0. The molecule has 0 atom stereocenters. The van der Waals surface area contributed by atoms with Crippen molar-refractivity contribution in [2.24, 2.45) is 0 Å². The van der Waals surface area contributed by atoms with Crippen LogP contribution < -0.4 is 14.4 Å². The molecule has 1 aliphatic rings. The van der Waals surface area contributed by atoms with Gasteiger partial charge in [-0.15, -0.1) is 0 Å². The number of aromatic nitrogens is 1. The highest BCUT2D eigenvalue weighted by Gasteiger charge is 2.22. The van der Waals surface area contributed by atoms with Gasteiger partial charge in [0, 0.05) is 26.2 Å². The molecule has 2 aromatic rings. The zero-order valence-corrected chi connectivity index (χ0v) is 14.8. The summed E-state index contributed by atoms with van der Waals surface area (Å²) in [6, 6.07) is 12.7. The third-order valence-electron chi connectivity index (χ3n) is 4.08. The molecule has 0 spiro atoms. The van der Waals surface area contributed by atoms with Crippen LogP contribution in [0.1, 0.15) is 0 Å². The summed E-state index contributed by atoms with van der Waals surface area (Å²) >= 11 is 5.93. The molecule has 0 bridgehead atoms. The van der Waals surface area contributed by atoms with E-state index in [9.17, 15) is 4.79 Å². The highest BCUT2D eigenvalue weighted by molar-refractivity contribution is 6.29. The van der Waals surface area contributed by atoms with Crippen LogP contribution in [0.3, 0.4) is 0 Å². The molecule has 2 heterocycles. The molecule has 0 aliphatic carbocycles. The van der Waals surface area contributed by atoms with Crippen molar-refractivity contribution < 1.29 is 14.3 Å². The smallest absolute Gasteiger partial charge is 0.260 e. The first-order valence-electron chi connectivity index (χ1n) is 8.08. The molecule has 132 valence electrons. The first-order valence-corrected chi connectivity index (χ1v) is 8.45. The molecule has 1 saturated heterocycles. The number of piperazine rings is 1. The molecule has 1 amide bonds. The molecule has 1 aromatic carbocycles. The predicted octanol–water partition coefficient (Wildman–Crippen LogP) is 2.47. The van der Waals surface area contributed by atoms with E-state index in [1.807, 2.05) is 17.0 Å². The van der Waals surface area contributed by atoms with E-state index < -0.39 is 0 Å². The van der Waals surface area contributed by atoms with Gasteiger partial charge in [0.2, 0.25) is 0 Å². The number of benzene rings is 1. The predicted molar refractivity (Wildman–Crippen MR) is 96.5 cm³/mol. The summed E-state index contributed by atoms with van der Waals surface area (Å²) in [5.41, 5.74) is 0. The van der Waals surface area contributed by atoms with Gasteiger partial charge in [-0.05, 0) is 36.4 Å². The Morgan fingerprint density at radius 1 is 1.08 bits per heavy atom. The average molecular weight is 362 g/mol.